The lowest BCUT2D eigenvalue weighted by Crippen LogP contribution is -2.47. The molecule has 102 valence electrons. The molecule has 19 heavy (non-hydrogen) atoms. The Labute approximate surface area is 116 Å². The van der Waals surface area contributed by atoms with Crippen LogP contribution in [-0.2, 0) is 4.79 Å². The Kier molecular flexibility index (Phi) is 3.73. The summed E-state index contributed by atoms with van der Waals surface area (Å²) in [5.41, 5.74) is 0.221. The Morgan fingerprint density at radius 3 is 2.79 bits per heavy atom. The standard InChI is InChI=1S/C13H17N3O2S/c1-13(2,14-3)11(17)16-12-15-9-6-5-8(18-4)7-10(9)19-12/h5-7,14H,1-4H3,(H,15,16,17). The Morgan fingerprint density at radius 1 is 1.42 bits per heavy atom. The molecule has 0 spiro atoms. The quantitative estimate of drug-likeness (QED) is 0.901. The third kappa shape index (κ3) is 2.85. The fraction of sp³-hybridized carbons (Fsp3) is 0.385. The van der Waals surface area contributed by atoms with Crippen LogP contribution in [0.15, 0.2) is 18.2 Å². The zero-order valence-electron chi connectivity index (χ0n) is 11.4. The monoisotopic (exact) mass is 279 g/mol. The van der Waals surface area contributed by atoms with Crippen molar-refractivity contribution in [1.82, 2.24) is 10.3 Å². The second kappa shape index (κ2) is 5.14. The molecule has 0 saturated heterocycles. The van der Waals surface area contributed by atoms with Gasteiger partial charge in [-0.1, -0.05) is 11.3 Å². The Morgan fingerprint density at radius 2 is 2.16 bits per heavy atom. The van der Waals surface area contributed by atoms with Crippen LogP contribution in [0.25, 0.3) is 10.2 Å². The molecule has 5 nitrogen and oxygen atoms in total. The number of carbonyl (C=O) groups excluding carboxylic acids is 1. The van der Waals surface area contributed by atoms with Crippen LogP contribution in [0.3, 0.4) is 0 Å². The third-order valence-corrected chi connectivity index (χ3v) is 3.94. The lowest BCUT2D eigenvalue weighted by atomic mass is 10.1. The molecule has 1 aromatic heterocycles. The highest BCUT2D eigenvalue weighted by molar-refractivity contribution is 7.22. The van der Waals surface area contributed by atoms with E-state index < -0.39 is 5.54 Å². The zero-order chi connectivity index (χ0) is 14.0. The largest absolute Gasteiger partial charge is 0.497 e. The van der Waals surface area contributed by atoms with Crippen molar-refractivity contribution >= 4 is 32.6 Å². The van der Waals surface area contributed by atoms with Crippen molar-refractivity contribution in [3.63, 3.8) is 0 Å². The average molecular weight is 279 g/mol. The number of carbonyl (C=O) groups is 1. The average Bonchev–Trinajstić information content (AvgIpc) is 2.79. The van der Waals surface area contributed by atoms with Crippen molar-refractivity contribution < 1.29 is 9.53 Å². The summed E-state index contributed by atoms with van der Waals surface area (Å²) < 4.78 is 6.15. The minimum Gasteiger partial charge on any atom is -0.497 e. The van der Waals surface area contributed by atoms with Crippen LogP contribution in [0.1, 0.15) is 13.8 Å². The van der Waals surface area contributed by atoms with Crippen LogP contribution in [0.5, 0.6) is 5.75 Å². The SMILES string of the molecule is CNC(C)(C)C(=O)Nc1nc2ccc(OC)cc2s1. The lowest BCUT2D eigenvalue weighted by Gasteiger charge is -2.21. The van der Waals surface area contributed by atoms with E-state index in [2.05, 4.69) is 15.6 Å². The highest BCUT2D eigenvalue weighted by Gasteiger charge is 2.26. The third-order valence-electron chi connectivity index (χ3n) is 3.01. The van der Waals surface area contributed by atoms with Crippen LogP contribution in [-0.4, -0.2) is 30.6 Å². The minimum atomic E-state index is -0.629. The fourth-order valence-corrected chi connectivity index (χ4v) is 2.34. The van der Waals surface area contributed by atoms with Gasteiger partial charge in [0, 0.05) is 0 Å². The molecule has 0 aliphatic heterocycles. The first-order valence-corrected chi connectivity index (χ1v) is 6.73. The maximum Gasteiger partial charge on any atom is 0.245 e. The summed E-state index contributed by atoms with van der Waals surface area (Å²) in [7, 11) is 3.38. The number of methoxy groups -OCH3 is 1. The number of nitrogens with one attached hydrogen (secondary N) is 2. The molecule has 0 atom stereocenters. The van der Waals surface area contributed by atoms with Crippen LogP contribution >= 0.6 is 11.3 Å². The molecule has 2 rings (SSSR count). The summed E-state index contributed by atoms with van der Waals surface area (Å²) in [6.07, 6.45) is 0. The molecule has 0 bridgehead atoms. The van der Waals surface area contributed by atoms with Crippen molar-refractivity contribution in [2.75, 3.05) is 19.5 Å². The lowest BCUT2D eigenvalue weighted by molar-refractivity contribution is -0.121. The number of aromatic nitrogens is 1. The topological polar surface area (TPSA) is 63.2 Å². The van der Waals surface area contributed by atoms with E-state index in [1.807, 2.05) is 32.0 Å². The second-order valence-electron chi connectivity index (χ2n) is 4.68. The van der Waals surface area contributed by atoms with Crippen molar-refractivity contribution in [3.8, 4) is 5.75 Å². The van der Waals surface area contributed by atoms with Gasteiger partial charge >= 0.3 is 0 Å². The van der Waals surface area contributed by atoms with Crippen LogP contribution in [0.2, 0.25) is 0 Å². The number of amides is 1. The first-order valence-electron chi connectivity index (χ1n) is 5.91. The molecule has 2 N–H and O–H groups in total. The Hall–Kier alpha value is -1.66. The number of anilines is 1. The van der Waals surface area contributed by atoms with E-state index >= 15 is 0 Å². The van der Waals surface area contributed by atoms with E-state index in [4.69, 9.17) is 4.74 Å². The van der Waals surface area contributed by atoms with Crippen molar-refractivity contribution in [3.05, 3.63) is 18.2 Å². The van der Waals surface area contributed by atoms with E-state index in [1.165, 1.54) is 11.3 Å². The highest BCUT2D eigenvalue weighted by Crippen LogP contribution is 2.29. The van der Waals surface area contributed by atoms with Gasteiger partial charge in [0.2, 0.25) is 5.91 Å². The van der Waals surface area contributed by atoms with Gasteiger partial charge in [-0.2, -0.15) is 0 Å². The van der Waals surface area contributed by atoms with Gasteiger partial charge in [-0.15, -0.1) is 0 Å². The van der Waals surface area contributed by atoms with Gasteiger partial charge in [0.1, 0.15) is 5.75 Å². The van der Waals surface area contributed by atoms with Gasteiger partial charge in [-0.05, 0) is 39.1 Å². The summed E-state index contributed by atoms with van der Waals surface area (Å²) >= 11 is 1.43. The summed E-state index contributed by atoms with van der Waals surface area (Å²) in [5.74, 6) is 0.672. The molecule has 6 heteroatoms. The van der Waals surface area contributed by atoms with Crippen molar-refractivity contribution in [2.24, 2.45) is 0 Å². The predicted molar refractivity (Wildman–Crippen MR) is 77.9 cm³/mol. The molecular formula is C13H17N3O2S. The van der Waals surface area contributed by atoms with Crippen LogP contribution in [0.4, 0.5) is 5.13 Å². The number of thiazole rings is 1. The molecule has 0 radical (unpaired) electrons. The van der Waals surface area contributed by atoms with Gasteiger partial charge in [-0.3, -0.25) is 4.79 Å². The van der Waals surface area contributed by atoms with E-state index in [0.717, 1.165) is 16.0 Å². The number of benzene rings is 1. The van der Waals surface area contributed by atoms with E-state index in [0.29, 0.717) is 5.13 Å². The summed E-state index contributed by atoms with van der Waals surface area (Å²) in [5, 5.41) is 6.38. The molecule has 0 fully saturated rings. The van der Waals surface area contributed by atoms with E-state index in [1.54, 1.807) is 14.2 Å². The number of nitrogens with zero attached hydrogens (tertiary/aromatic N) is 1. The van der Waals surface area contributed by atoms with Gasteiger partial charge in [0.15, 0.2) is 5.13 Å². The molecule has 1 amide bonds. The molecule has 0 aliphatic rings. The molecule has 2 aromatic rings. The summed E-state index contributed by atoms with van der Waals surface area (Å²) in [6.45, 7) is 3.64. The first-order chi connectivity index (χ1) is 8.96. The number of hydrogen-bond donors (Lipinski definition) is 2. The fourth-order valence-electron chi connectivity index (χ4n) is 1.45. The zero-order valence-corrected chi connectivity index (χ0v) is 12.2. The molecule has 0 aliphatic carbocycles. The van der Waals surface area contributed by atoms with Crippen molar-refractivity contribution in [1.29, 1.82) is 0 Å². The van der Waals surface area contributed by atoms with Gasteiger partial charge in [-0.25, -0.2) is 4.98 Å². The number of ether oxygens (including phenoxy) is 1. The predicted octanol–water partition coefficient (Wildman–Crippen LogP) is 2.24. The van der Waals surface area contributed by atoms with Gasteiger partial charge in [0.25, 0.3) is 0 Å². The number of likely N-dealkylation sites (N-methyl/N-ethyl adjacent to an activating group) is 1. The van der Waals surface area contributed by atoms with Gasteiger partial charge in [0.05, 0.1) is 22.9 Å². The second-order valence-corrected chi connectivity index (χ2v) is 5.71. The number of hydrogen-bond acceptors (Lipinski definition) is 5. The van der Waals surface area contributed by atoms with Crippen LogP contribution in [0, 0.1) is 0 Å². The minimum absolute atomic E-state index is 0.110. The molecular weight excluding hydrogens is 262 g/mol. The molecule has 0 saturated carbocycles. The number of fused-ring (bicyclic) bond motifs is 1. The normalized spacial score (nSPS) is 11.6. The maximum atomic E-state index is 12.0. The van der Waals surface area contributed by atoms with Crippen molar-refractivity contribution in [2.45, 2.75) is 19.4 Å². The van der Waals surface area contributed by atoms with Gasteiger partial charge < -0.3 is 15.4 Å². The summed E-state index contributed by atoms with van der Waals surface area (Å²) in [6, 6.07) is 5.64. The van der Waals surface area contributed by atoms with E-state index in [-0.39, 0.29) is 5.91 Å². The summed E-state index contributed by atoms with van der Waals surface area (Å²) in [4.78, 5) is 16.4. The first kappa shape index (κ1) is 13.8. The molecule has 1 heterocycles. The van der Waals surface area contributed by atoms with Crippen LogP contribution < -0.4 is 15.4 Å². The molecule has 0 unspecified atom stereocenters. The number of rotatable bonds is 4. The van der Waals surface area contributed by atoms with E-state index in [9.17, 15) is 4.79 Å². The Bertz CT molecular complexity index is 607. The molecule has 1 aromatic carbocycles. The maximum absolute atomic E-state index is 12.0. The smallest absolute Gasteiger partial charge is 0.245 e. The highest BCUT2D eigenvalue weighted by atomic mass is 32.1. The Balaban J connectivity index is 2.25.